The molecule has 2 amide bonds. The summed E-state index contributed by atoms with van der Waals surface area (Å²) in [5.74, 6) is -3.44. The molecule has 162 valence electrons. The van der Waals surface area contributed by atoms with Gasteiger partial charge in [-0.1, -0.05) is 12.1 Å². The zero-order valence-corrected chi connectivity index (χ0v) is 16.9. The molecule has 0 bridgehead atoms. The van der Waals surface area contributed by atoms with Crippen molar-refractivity contribution in [3.05, 3.63) is 95.4 Å². The van der Waals surface area contributed by atoms with Gasteiger partial charge in [0.2, 0.25) is 0 Å². The van der Waals surface area contributed by atoms with Gasteiger partial charge < -0.3 is 10.1 Å². The van der Waals surface area contributed by atoms with Gasteiger partial charge in [-0.3, -0.25) is 9.59 Å². The second-order valence-corrected chi connectivity index (χ2v) is 6.88. The Morgan fingerprint density at radius 1 is 0.844 bits per heavy atom. The third-order valence-electron chi connectivity index (χ3n) is 4.81. The van der Waals surface area contributed by atoms with E-state index >= 15 is 0 Å². The van der Waals surface area contributed by atoms with Crippen LogP contribution in [0.25, 0.3) is 5.57 Å². The maximum absolute atomic E-state index is 13.7. The molecule has 0 saturated carbocycles. The van der Waals surface area contributed by atoms with Gasteiger partial charge in [0.15, 0.2) is 11.6 Å². The normalized spacial score (nSPS) is 13.7. The van der Waals surface area contributed by atoms with E-state index in [4.69, 9.17) is 4.74 Å². The van der Waals surface area contributed by atoms with E-state index in [1.165, 1.54) is 18.2 Å². The van der Waals surface area contributed by atoms with Crippen LogP contribution >= 0.6 is 0 Å². The molecule has 0 fully saturated rings. The van der Waals surface area contributed by atoms with E-state index in [-0.39, 0.29) is 22.6 Å². The molecule has 32 heavy (non-hydrogen) atoms. The van der Waals surface area contributed by atoms with E-state index in [2.05, 4.69) is 5.32 Å². The quantitative estimate of drug-likeness (QED) is 0.557. The summed E-state index contributed by atoms with van der Waals surface area (Å²) < 4.78 is 45.8. The van der Waals surface area contributed by atoms with E-state index in [0.29, 0.717) is 17.9 Å². The smallest absolute Gasteiger partial charge is 0.282 e. The second-order valence-electron chi connectivity index (χ2n) is 6.88. The van der Waals surface area contributed by atoms with E-state index in [1.807, 2.05) is 6.92 Å². The van der Waals surface area contributed by atoms with Gasteiger partial charge >= 0.3 is 0 Å². The van der Waals surface area contributed by atoms with Crippen LogP contribution in [0.2, 0.25) is 0 Å². The molecule has 3 aromatic carbocycles. The number of ether oxygens (including phenoxy) is 1. The predicted molar refractivity (Wildman–Crippen MR) is 113 cm³/mol. The Bertz CT molecular complexity index is 1220. The first-order valence-electron chi connectivity index (χ1n) is 9.73. The maximum atomic E-state index is 13.7. The summed E-state index contributed by atoms with van der Waals surface area (Å²) >= 11 is 0. The molecule has 1 aliphatic heterocycles. The van der Waals surface area contributed by atoms with Gasteiger partial charge in [-0.25, -0.2) is 18.1 Å². The molecular weight excluding hydrogens is 421 g/mol. The molecule has 8 heteroatoms. The highest BCUT2D eigenvalue weighted by molar-refractivity contribution is 6.46. The van der Waals surface area contributed by atoms with Crippen LogP contribution in [0, 0.1) is 17.5 Å². The first-order chi connectivity index (χ1) is 15.4. The molecule has 1 N–H and O–H groups in total. The van der Waals surface area contributed by atoms with E-state index in [0.717, 1.165) is 29.2 Å². The summed E-state index contributed by atoms with van der Waals surface area (Å²) in [7, 11) is 0. The third kappa shape index (κ3) is 3.94. The summed E-state index contributed by atoms with van der Waals surface area (Å²) in [5, 5.41) is 2.74. The molecule has 4 rings (SSSR count). The van der Waals surface area contributed by atoms with Crippen LogP contribution in [0.3, 0.4) is 0 Å². The van der Waals surface area contributed by atoms with Crippen molar-refractivity contribution in [3.8, 4) is 5.75 Å². The SMILES string of the molecule is CCOc1ccc(C2=C(Nc3ccc(F)c(F)c3)C(=O)N(c3ccc(F)cc3)C2=O)cc1. The number of hydrogen-bond donors (Lipinski definition) is 1. The summed E-state index contributed by atoms with van der Waals surface area (Å²) in [6.07, 6.45) is 0. The van der Waals surface area contributed by atoms with Crippen LogP contribution in [0.5, 0.6) is 5.75 Å². The summed E-state index contributed by atoms with van der Waals surface area (Å²) in [6.45, 7) is 2.29. The highest BCUT2D eigenvalue weighted by Gasteiger charge is 2.40. The number of carbonyl (C=O) groups excluding carboxylic acids is 2. The van der Waals surface area contributed by atoms with Crippen molar-refractivity contribution in [2.45, 2.75) is 6.92 Å². The number of imide groups is 1. The van der Waals surface area contributed by atoms with Crippen LogP contribution in [0.1, 0.15) is 12.5 Å². The Balaban J connectivity index is 1.79. The number of nitrogens with one attached hydrogen (secondary N) is 1. The Morgan fingerprint density at radius 2 is 1.53 bits per heavy atom. The second kappa shape index (κ2) is 8.58. The summed E-state index contributed by atoms with van der Waals surface area (Å²) in [4.78, 5) is 27.4. The molecule has 0 saturated heterocycles. The molecule has 0 aliphatic carbocycles. The third-order valence-corrected chi connectivity index (χ3v) is 4.81. The number of benzene rings is 3. The van der Waals surface area contributed by atoms with Crippen molar-refractivity contribution in [2.24, 2.45) is 0 Å². The van der Waals surface area contributed by atoms with E-state index < -0.39 is 29.3 Å². The highest BCUT2D eigenvalue weighted by Crippen LogP contribution is 2.34. The Hall–Kier alpha value is -4.07. The fraction of sp³-hybridized carbons (Fsp3) is 0.0833. The Kier molecular flexibility index (Phi) is 5.68. The molecule has 1 heterocycles. The number of hydrogen-bond acceptors (Lipinski definition) is 4. The van der Waals surface area contributed by atoms with Gasteiger partial charge in [-0.05, 0) is 61.0 Å². The van der Waals surface area contributed by atoms with E-state index in [9.17, 15) is 22.8 Å². The van der Waals surface area contributed by atoms with Crippen LogP contribution < -0.4 is 15.0 Å². The summed E-state index contributed by atoms with van der Waals surface area (Å²) in [6, 6.07) is 14.5. The number of anilines is 2. The number of carbonyl (C=O) groups is 2. The molecule has 0 spiro atoms. The molecule has 1 aliphatic rings. The van der Waals surface area contributed by atoms with E-state index in [1.54, 1.807) is 24.3 Å². The number of amides is 2. The minimum atomic E-state index is -1.11. The zero-order chi connectivity index (χ0) is 22.8. The molecule has 0 aromatic heterocycles. The van der Waals surface area contributed by atoms with Crippen molar-refractivity contribution in [2.75, 3.05) is 16.8 Å². The topological polar surface area (TPSA) is 58.6 Å². The van der Waals surface area contributed by atoms with Crippen molar-refractivity contribution >= 4 is 28.8 Å². The monoisotopic (exact) mass is 438 g/mol. The minimum Gasteiger partial charge on any atom is -0.494 e. The van der Waals surface area contributed by atoms with Crippen LogP contribution in [0.15, 0.2) is 72.4 Å². The van der Waals surface area contributed by atoms with Crippen molar-refractivity contribution in [1.82, 2.24) is 0 Å². The number of rotatable bonds is 6. The Morgan fingerprint density at radius 3 is 2.16 bits per heavy atom. The first-order valence-corrected chi connectivity index (χ1v) is 9.73. The lowest BCUT2D eigenvalue weighted by Gasteiger charge is -2.15. The number of halogens is 3. The summed E-state index contributed by atoms with van der Waals surface area (Å²) in [5.41, 5.74) is 0.597. The standard InChI is InChI=1S/C24H17F3N2O3/c1-2-32-18-10-3-14(4-11-18)21-22(28-16-7-12-19(26)20(27)13-16)24(31)29(23(21)30)17-8-5-15(25)6-9-17/h3-13,28H,2H2,1H3. The van der Waals surface area contributed by atoms with Crippen LogP contribution in [-0.2, 0) is 9.59 Å². The lowest BCUT2D eigenvalue weighted by Crippen LogP contribution is -2.32. The average molecular weight is 438 g/mol. The van der Waals surface area contributed by atoms with Gasteiger partial charge in [0.05, 0.1) is 17.9 Å². The van der Waals surface area contributed by atoms with Gasteiger partial charge in [0.1, 0.15) is 17.3 Å². The van der Waals surface area contributed by atoms with Crippen LogP contribution in [-0.4, -0.2) is 18.4 Å². The molecule has 0 atom stereocenters. The van der Waals surface area contributed by atoms with Crippen molar-refractivity contribution in [3.63, 3.8) is 0 Å². The van der Waals surface area contributed by atoms with Gasteiger partial charge in [-0.2, -0.15) is 0 Å². The lowest BCUT2D eigenvalue weighted by atomic mass is 10.0. The fourth-order valence-electron chi connectivity index (χ4n) is 3.34. The molecule has 0 radical (unpaired) electrons. The minimum absolute atomic E-state index is 0.0344. The van der Waals surface area contributed by atoms with Crippen LogP contribution in [0.4, 0.5) is 24.5 Å². The number of nitrogens with zero attached hydrogens (tertiary/aromatic N) is 1. The van der Waals surface area contributed by atoms with Gasteiger partial charge in [-0.15, -0.1) is 0 Å². The van der Waals surface area contributed by atoms with Gasteiger partial charge in [0, 0.05) is 11.8 Å². The lowest BCUT2D eigenvalue weighted by molar-refractivity contribution is -0.120. The molecule has 5 nitrogen and oxygen atoms in total. The van der Waals surface area contributed by atoms with Crippen molar-refractivity contribution in [1.29, 1.82) is 0 Å². The molecule has 0 unspecified atom stereocenters. The largest absolute Gasteiger partial charge is 0.494 e. The zero-order valence-electron chi connectivity index (χ0n) is 16.9. The fourth-order valence-corrected chi connectivity index (χ4v) is 3.34. The Labute approximate surface area is 181 Å². The highest BCUT2D eigenvalue weighted by atomic mass is 19.2. The van der Waals surface area contributed by atoms with Gasteiger partial charge in [0.25, 0.3) is 11.8 Å². The molecular formula is C24H17F3N2O3. The maximum Gasteiger partial charge on any atom is 0.282 e. The van der Waals surface area contributed by atoms with Crippen molar-refractivity contribution < 1.29 is 27.5 Å². The predicted octanol–water partition coefficient (Wildman–Crippen LogP) is 4.90. The first kappa shape index (κ1) is 21.2. The average Bonchev–Trinajstić information content (AvgIpc) is 3.02. The molecule has 3 aromatic rings.